The largest absolute Gasteiger partial charge is 0.446 e. The summed E-state index contributed by atoms with van der Waals surface area (Å²) in [6, 6.07) is 10.3. The van der Waals surface area contributed by atoms with Crippen LogP contribution in [-0.4, -0.2) is 31.1 Å². The van der Waals surface area contributed by atoms with Gasteiger partial charge in [0.15, 0.2) is 0 Å². The van der Waals surface area contributed by atoms with E-state index < -0.39 is 22.2 Å². The minimum Gasteiger partial charge on any atom is -0.446 e. The van der Waals surface area contributed by atoms with Crippen LogP contribution in [0.1, 0.15) is 31.2 Å². The zero-order valence-corrected chi connectivity index (χ0v) is 17.5. The van der Waals surface area contributed by atoms with E-state index in [1.54, 1.807) is 12.1 Å². The first-order chi connectivity index (χ1) is 13.6. The van der Waals surface area contributed by atoms with Gasteiger partial charge in [0.25, 0.3) is 10.0 Å². The molecule has 0 bridgehead atoms. The van der Waals surface area contributed by atoms with Gasteiger partial charge in [-0.25, -0.2) is 13.1 Å². The molecule has 0 fully saturated rings. The number of hydrogen-bond acceptors (Lipinski definition) is 6. The average Bonchev–Trinajstić information content (AvgIpc) is 3.06. The summed E-state index contributed by atoms with van der Waals surface area (Å²) in [6.45, 7) is 2.43. The molecule has 0 radical (unpaired) electrons. The van der Waals surface area contributed by atoms with Gasteiger partial charge in [0, 0.05) is 30.0 Å². The first-order valence-electron chi connectivity index (χ1n) is 8.22. The first-order valence-corrected chi connectivity index (χ1v) is 10.5. The maximum Gasteiger partial charge on any atom is 0.264 e. The summed E-state index contributed by atoms with van der Waals surface area (Å²) in [5, 5.41) is 6.06. The average molecular weight is 456 g/mol. The van der Waals surface area contributed by atoms with E-state index in [0.29, 0.717) is 21.2 Å². The molecule has 0 saturated carbocycles. The molecule has 0 spiro atoms. The Labute approximate surface area is 177 Å². The van der Waals surface area contributed by atoms with E-state index in [-0.39, 0.29) is 16.7 Å². The second-order valence-corrected chi connectivity index (χ2v) is 8.62. The Morgan fingerprint density at radius 1 is 1.10 bits per heavy atom. The molecule has 0 aliphatic carbocycles. The zero-order valence-electron chi connectivity index (χ0n) is 15.2. The van der Waals surface area contributed by atoms with Crippen molar-refractivity contribution in [3.8, 4) is 0 Å². The summed E-state index contributed by atoms with van der Waals surface area (Å²) in [7, 11) is -3.96. The van der Waals surface area contributed by atoms with E-state index in [4.69, 9.17) is 27.9 Å². The zero-order chi connectivity index (χ0) is 21.3. The minimum atomic E-state index is -3.96. The summed E-state index contributed by atoms with van der Waals surface area (Å²) in [4.78, 5) is 23.0. The van der Waals surface area contributed by atoms with Crippen LogP contribution in [0.3, 0.4) is 0 Å². The van der Waals surface area contributed by atoms with Crippen molar-refractivity contribution < 1.29 is 22.7 Å². The number of nitrogens with one attached hydrogen (secondary N) is 1. The molecule has 0 saturated heterocycles. The maximum atomic E-state index is 12.0. The third kappa shape index (κ3) is 4.52. The van der Waals surface area contributed by atoms with Gasteiger partial charge in [0.1, 0.15) is 0 Å². The predicted molar refractivity (Wildman–Crippen MR) is 107 cm³/mol. The SMILES string of the molecule is CC(=O)NS(=O)(=O)c1ccc(C2=NN(C(C)=O)C(c3ccc(Cl)cc3Cl)O2)cc1. The van der Waals surface area contributed by atoms with Crippen molar-refractivity contribution in [3.63, 3.8) is 0 Å². The number of hydrogen-bond donors (Lipinski definition) is 1. The molecule has 3 rings (SSSR count). The molecular formula is C18H15Cl2N3O5S. The van der Waals surface area contributed by atoms with E-state index in [1.807, 2.05) is 4.72 Å². The van der Waals surface area contributed by atoms with E-state index in [1.165, 1.54) is 37.3 Å². The number of sulfonamides is 1. The van der Waals surface area contributed by atoms with Gasteiger partial charge in [-0.15, -0.1) is 5.10 Å². The molecule has 29 heavy (non-hydrogen) atoms. The topological polar surface area (TPSA) is 105 Å². The molecule has 1 heterocycles. The van der Waals surface area contributed by atoms with Crippen LogP contribution in [0.25, 0.3) is 0 Å². The normalized spacial score (nSPS) is 16.2. The quantitative estimate of drug-likeness (QED) is 0.762. The molecule has 1 atom stereocenters. The highest BCUT2D eigenvalue weighted by Crippen LogP contribution is 2.35. The molecule has 2 amide bonds. The molecule has 1 aliphatic rings. The summed E-state index contributed by atoms with van der Waals surface area (Å²) in [6.07, 6.45) is -0.893. The Balaban J connectivity index is 1.90. The number of ether oxygens (including phenoxy) is 1. The number of nitrogens with zero attached hydrogens (tertiary/aromatic N) is 2. The van der Waals surface area contributed by atoms with Crippen molar-refractivity contribution in [2.24, 2.45) is 5.10 Å². The first kappa shape index (κ1) is 21.1. The maximum absolute atomic E-state index is 12.0. The molecule has 152 valence electrons. The summed E-state index contributed by atoms with van der Waals surface area (Å²) in [5.74, 6) is -0.960. The molecule has 1 unspecified atom stereocenters. The monoisotopic (exact) mass is 455 g/mol. The van der Waals surface area contributed by atoms with Crippen molar-refractivity contribution in [2.45, 2.75) is 25.0 Å². The van der Waals surface area contributed by atoms with Crippen molar-refractivity contribution in [3.05, 3.63) is 63.6 Å². The summed E-state index contributed by atoms with van der Waals surface area (Å²) in [5.41, 5.74) is 0.931. The van der Waals surface area contributed by atoms with Crippen molar-refractivity contribution in [2.75, 3.05) is 0 Å². The highest BCUT2D eigenvalue weighted by atomic mass is 35.5. The second kappa shape index (κ2) is 8.02. The Kier molecular flexibility index (Phi) is 5.83. The van der Waals surface area contributed by atoms with Crippen LogP contribution in [0.4, 0.5) is 0 Å². The fraction of sp³-hybridized carbons (Fsp3) is 0.167. The van der Waals surface area contributed by atoms with Gasteiger partial charge in [-0.3, -0.25) is 9.59 Å². The van der Waals surface area contributed by atoms with Gasteiger partial charge in [0.2, 0.25) is 23.9 Å². The Morgan fingerprint density at radius 2 is 1.76 bits per heavy atom. The summed E-state index contributed by atoms with van der Waals surface area (Å²) >= 11 is 12.2. The molecule has 0 aromatic heterocycles. The fourth-order valence-electron chi connectivity index (χ4n) is 2.61. The lowest BCUT2D eigenvalue weighted by Gasteiger charge is -2.20. The third-order valence-electron chi connectivity index (χ3n) is 3.88. The Bertz CT molecular complexity index is 1120. The Hall–Kier alpha value is -2.62. The number of rotatable bonds is 4. The molecule has 2 aromatic carbocycles. The lowest BCUT2D eigenvalue weighted by molar-refractivity contribution is -0.135. The van der Waals surface area contributed by atoms with E-state index in [2.05, 4.69) is 5.10 Å². The van der Waals surface area contributed by atoms with Crippen LogP contribution >= 0.6 is 23.2 Å². The highest BCUT2D eigenvalue weighted by Gasteiger charge is 2.34. The number of carbonyl (C=O) groups excluding carboxylic acids is 2. The minimum absolute atomic E-state index is 0.101. The van der Waals surface area contributed by atoms with Crippen LogP contribution in [0, 0.1) is 0 Å². The number of hydrazone groups is 1. The second-order valence-electron chi connectivity index (χ2n) is 6.09. The molecule has 1 N–H and O–H groups in total. The van der Waals surface area contributed by atoms with Crippen molar-refractivity contribution >= 4 is 50.9 Å². The van der Waals surface area contributed by atoms with Gasteiger partial charge in [-0.2, -0.15) is 5.01 Å². The highest BCUT2D eigenvalue weighted by molar-refractivity contribution is 7.90. The molecule has 11 heteroatoms. The van der Waals surface area contributed by atoms with Gasteiger partial charge in [0.05, 0.1) is 9.92 Å². The molecule has 1 aliphatic heterocycles. The van der Waals surface area contributed by atoms with Crippen LogP contribution in [0.2, 0.25) is 10.0 Å². The van der Waals surface area contributed by atoms with Crippen molar-refractivity contribution in [1.29, 1.82) is 0 Å². The number of amides is 2. The molecule has 8 nitrogen and oxygen atoms in total. The number of benzene rings is 2. The molecular weight excluding hydrogens is 441 g/mol. The van der Waals surface area contributed by atoms with E-state index in [0.717, 1.165) is 11.9 Å². The summed E-state index contributed by atoms with van der Waals surface area (Å²) < 4.78 is 31.8. The predicted octanol–water partition coefficient (Wildman–Crippen LogP) is 3.06. The van der Waals surface area contributed by atoms with Crippen LogP contribution in [-0.2, 0) is 24.3 Å². The Morgan fingerprint density at radius 3 is 2.31 bits per heavy atom. The van der Waals surface area contributed by atoms with Crippen molar-refractivity contribution in [1.82, 2.24) is 9.73 Å². The van der Waals surface area contributed by atoms with Gasteiger partial charge >= 0.3 is 0 Å². The lowest BCUT2D eigenvalue weighted by Crippen LogP contribution is -2.28. The number of carbonyl (C=O) groups is 2. The van der Waals surface area contributed by atoms with Gasteiger partial charge in [-0.1, -0.05) is 29.3 Å². The van der Waals surface area contributed by atoms with Crippen LogP contribution < -0.4 is 4.72 Å². The third-order valence-corrected chi connectivity index (χ3v) is 5.90. The van der Waals surface area contributed by atoms with Crippen LogP contribution in [0.15, 0.2) is 52.5 Å². The van der Waals surface area contributed by atoms with E-state index >= 15 is 0 Å². The fourth-order valence-corrected chi connectivity index (χ4v) is 4.11. The van der Waals surface area contributed by atoms with Gasteiger partial charge in [-0.05, 0) is 36.4 Å². The molecule has 2 aromatic rings. The standard InChI is InChI=1S/C18H15Cl2N3O5S/c1-10(24)22-29(26,27)14-6-3-12(4-7-14)17-21-23(11(2)25)18(28-17)15-8-5-13(19)9-16(15)20/h3-9,18H,1-2H3,(H,22,24). The van der Waals surface area contributed by atoms with E-state index in [9.17, 15) is 18.0 Å². The van der Waals surface area contributed by atoms with Crippen LogP contribution in [0.5, 0.6) is 0 Å². The smallest absolute Gasteiger partial charge is 0.264 e. The van der Waals surface area contributed by atoms with Gasteiger partial charge < -0.3 is 4.74 Å². The lowest BCUT2D eigenvalue weighted by atomic mass is 10.2. The number of halogens is 2.